The lowest BCUT2D eigenvalue weighted by molar-refractivity contribution is 0.247. The van der Waals surface area contributed by atoms with Crippen LogP contribution in [-0.2, 0) is 10.0 Å². The quantitative estimate of drug-likeness (QED) is 0.894. The van der Waals surface area contributed by atoms with Crippen molar-refractivity contribution in [2.75, 3.05) is 19.6 Å². The van der Waals surface area contributed by atoms with Gasteiger partial charge in [-0.15, -0.1) is 12.4 Å². The number of nitrogens with one attached hydrogen (secondary N) is 1. The van der Waals surface area contributed by atoms with Crippen LogP contribution in [-0.4, -0.2) is 38.4 Å². The maximum absolute atomic E-state index is 13.2. The zero-order valence-corrected chi connectivity index (χ0v) is 12.9. The third-order valence-electron chi connectivity index (χ3n) is 4.15. The van der Waals surface area contributed by atoms with Crippen LogP contribution >= 0.6 is 12.4 Å². The molecule has 0 saturated carbocycles. The molecule has 3 rings (SSSR count). The molecule has 0 bridgehead atoms. The average Bonchev–Trinajstić information content (AvgIpc) is 2.89. The number of hydrogen-bond donors (Lipinski definition) is 1. The second kappa shape index (κ2) is 6.16. The van der Waals surface area contributed by atoms with Crippen LogP contribution in [0.1, 0.15) is 12.8 Å². The molecule has 0 spiro atoms. The van der Waals surface area contributed by atoms with Gasteiger partial charge in [0.1, 0.15) is 0 Å². The molecule has 0 amide bonds. The summed E-state index contributed by atoms with van der Waals surface area (Å²) in [5.41, 5.74) is 0. The van der Waals surface area contributed by atoms with Crippen molar-refractivity contribution >= 4 is 22.4 Å². The summed E-state index contributed by atoms with van der Waals surface area (Å²) in [6.45, 7) is 1.77. The van der Waals surface area contributed by atoms with Crippen LogP contribution in [0, 0.1) is 17.6 Å². The second-order valence-electron chi connectivity index (χ2n) is 5.34. The van der Waals surface area contributed by atoms with E-state index >= 15 is 0 Å². The Hall–Kier alpha value is -0.760. The molecule has 2 unspecified atom stereocenters. The van der Waals surface area contributed by atoms with Crippen LogP contribution in [0.25, 0.3) is 0 Å². The van der Waals surface area contributed by atoms with Crippen LogP contribution in [0.15, 0.2) is 23.1 Å². The van der Waals surface area contributed by atoms with Crippen molar-refractivity contribution in [2.45, 2.75) is 23.8 Å². The fraction of sp³-hybridized carbons (Fsp3) is 0.538. The molecule has 1 N–H and O–H groups in total. The van der Waals surface area contributed by atoms with Gasteiger partial charge in [-0.25, -0.2) is 17.2 Å². The lowest BCUT2D eigenvalue weighted by Crippen LogP contribution is -2.46. The number of hydrogen-bond acceptors (Lipinski definition) is 3. The van der Waals surface area contributed by atoms with Crippen molar-refractivity contribution in [1.82, 2.24) is 9.62 Å². The third kappa shape index (κ3) is 3.06. The lowest BCUT2D eigenvalue weighted by Gasteiger charge is -2.33. The summed E-state index contributed by atoms with van der Waals surface area (Å²) in [5, 5.41) is 3.36. The Morgan fingerprint density at radius 1 is 1.19 bits per heavy atom. The minimum atomic E-state index is -3.74. The van der Waals surface area contributed by atoms with E-state index in [9.17, 15) is 17.2 Å². The smallest absolute Gasteiger partial charge is 0.243 e. The molecule has 2 saturated heterocycles. The minimum Gasteiger partial charge on any atom is -0.314 e. The van der Waals surface area contributed by atoms with E-state index in [0.29, 0.717) is 25.0 Å². The molecule has 1 aromatic carbocycles. The van der Waals surface area contributed by atoms with E-state index in [2.05, 4.69) is 5.32 Å². The molecule has 1 aromatic rings. The Morgan fingerprint density at radius 3 is 2.67 bits per heavy atom. The van der Waals surface area contributed by atoms with Gasteiger partial charge in [-0.2, -0.15) is 4.31 Å². The summed E-state index contributed by atoms with van der Waals surface area (Å²) in [7, 11) is -3.74. The van der Waals surface area contributed by atoms with Crippen LogP contribution in [0.3, 0.4) is 0 Å². The molecule has 2 atom stereocenters. The van der Waals surface area contributed by atoms with Gasteiger partial charge in [-0.05, 0) is 43.5 Å². The van der Waals surface area contributed by atoms with Crippen molar-refractivity contribution in [2.24, 2.45) is 5.92 Å². The minimum absolute atomic E-state index is 0. The fourth-order valence-corrected chi connectivity index (χ4v) is 4.54. The normalized spacial score (nSPS) is 26.2. The van der Waals surface area contributed by atoms with Gasteiger partial charge < -0.3 is 5.32 Å². The summed E-state index contributed by atoms with van der Waals surface area (Å²) < 4.78 is 52.4. The standard InChI is InChI=1S/C13H16F2N2O2S.ClH/c14-11-2-1-10(7-12(11)15)20(18,19)17-6-4-13-9(8-17)3-5-16-13;/h1-2,7,9,13,16H,3-6,8H2;1H. The van der Waals surface area contributed by atoms with Gasteiger partial charge in [0.2, 0.25) is 10.0 Å². The Kier molecular flexibility index (Phi) is 4.87. The van der Waals surface area contributed by atoms with E-state index in [0.717, 1.165) is 37.6 Å². The van der Waals surface area contributed by atoms with Crippen molar-refractivity contribution in [3.05, 3.63) is 29.8 Å². The van der Waals surface area contributed by atoms with Crippen LogP contribution < -0.4 is 5.32 Å². The largest absolute Gasteiger partial charge is 0.314 e. The molecular formula is C13H17ClF2N2O2S. The number of nitrogens with zero attached hydrogens (tertiary/aromatic N) is 1. The number of sulfonamides is 1. The second-order valence-corrected chi connectivity index (χ2v) is 7.27. The summed E-state index contributed by atoms with van der Waals surface area (Å²) in [6, 6.07) is 3.11. The monoisotopic (exact) mass is 338 g/mol. The maximum atomic E-state index is 13.2. The zero-order chi connectivity index (χ0) is 14.3. The molecule has 0 radical (unpaired) electrons. The fourth-order valence-electron chi connectivity index (χ4n) is 3.02. The number of rotatable bonds is 2. The Labute approximate surface area is 129 Å². The van der Waals surface area contributed by atoms with E-state index in [1.165, 1.54) is 4.31 Å². The van der Waals surface area contributed by atoms with E-state index in [1.54, 1.807) is 0 Å². The molecule has 2 fully saturated rings. The third-order valence-corrected chi connectivity index (χ3v) is 6.01. The van der Waals surface area contributed by atoms with Gasteiger partial charge in [0.25, 0.3) is 0 Å². The van der Waals surface area contributed by atoms with Crippen molar-refractivity contribution < 1.29 is 17.2 Å². The van der Waals surface area contributed by atoms with Crippen molar-refractivity contribution in [3.63, 3.8) is 0 Å². The van der Waals surface area contributed by atoms with Crippen LogP contribution in [0.2, 0.25) is 0 Å². The first-order valence-corrected chi connectivity index (χ1v) is 8.11. The van der Waals surface area contributed by atoms with E-state index in [4.69, 9.17) is 0 Å². The number of piperidine rings is 1. The van der Waals surface area contributed by atoms with E-state index in [1.807, 2.05) is 0 Å². The molecule has 8 heteroatoms. The molecule has 2 aliphatic heterocycles. The first-order valence-electron chi connectivity index (χ1n) is 6.67. The van der Waals surface area contributed by atoms with Gasteiger partial charge in [0, 0.05) is 19.1 Å². The predicted molar refractivity (Wildman–Crippen MR) is 76.9 cm³/mol. The van der Waals surface area contributed by atoms with Gasteiger partial charge in [-0.1, -0.05) is 0 Å². The molecule has 21 heavy (non-hydrogen) atoms. The highest BCUT2D eigenvalue weighted by Gasteiger charge is 2.37. The van der Waals surface area contributed by atoms with Crippen LogP contribution in [0.4, 0.5) is 8.78 Å². The van der Waals surface area contributed by atoms with Gasteiger partial charge in [0.15, 0.2) is 11.6 Å². The van der Waals surface area contributed by atoms with Gasteiger partial charge in [-0.3, -0.25) is 0 Å². The van der Waals surface area contributed by atoms with E-state index in [-0.39, 0.29) is 17.3 Å². The number of halogens is 3. The number of fused-ring (bicyclic) bond motifs is 1. The summed E-state index contributed by atoms with van der Waals surface area (Å²) >= 11 is 0. The SMILES string of the molecule is Cl.O=S(=O)(c1ccc(F)c(F)c1)N1CCC2NCCC2C1. The average molecular weight is 339 g/mol. The highest BCUT2D eigenvalue weighted by Crippen LogP contribution is 2.28. The Bertz CT molecular complexity index is 627. The molecule has 0 aliphatic carbocycles. The molecule has 4 nitrogen and oxygen atoms in total. The Balaban J connectivity index is 0.00000161. The predicted octanol–water partition coefficient (Wildman–Crippen LogP) is 1.76. The lowest BCUT2D eigenvalue weighted by atomic mass is 9.95. The molecule has 118 valence electrons. The van der Waals surface area contributed by atoms with E-state index < -0.39 is 21.7 Å². The molecule has 2 aliphatic rings. The van der Waals surface area contributed by atoms with Gasteiger partial charge >= 0.3 is 0 Å². The molecule has 0 aromatic heterocycles. The van der Waals surface area contributed by atoms with Crippen molar-refractivity contribution in [1.29, 1.82) is 0 Å². The summed E-state index contributed by atoms with van der Waals surface area (Å²) in [4.78, 5) is -0.180. The van der Waals surface area contributed by atoms with Crippen molar-refractivity contribution in [3.8, 4) is 0 Å². The first-order chi connectivity index (χ1) is 9.48. The summed E-state index contributed by atoms with van der Waals surface area (Å²) in [5.74, 6) is -1.87. The topological polar surface area (TPSA) is 49.4 Å². The first kappa shape index (κ1) is 16.6. The highest BCUT2D eigenvalue weighted by molar-refractivity contribution is 7.89. The highest BCUT2D eigenvalue weighted by atomic mass is 35.5. The Morgan fingerprint density at radius 2 is 1.95 bits per heavy atom. The summed E-state index contributed by atoms with van der Waals surface area (Å²) in [6.07, 6.45) is 1.71. The maximum Gasteiger partial charge on any atom is 0.243 e. The van der Waals surface area contributed by atoms with Gasteiger partial charge in [0.05, 0.1) is 4.90 Å². The number of benzene rings is 1. The molecular weight excluding hydrogens is 322 g/mol. The zero-order valence-electron chi connectivity index (χ0n) is 11.3. The molecule has 2 heterocycles. The van der Waals surface area contributed by atoms with Crippen LogP contribution in [0.5, 0.6) is 0 Å².